The lowest BCUT2D eigenvalue weighted by atomic mass is 10.2. The molecule has 4 N–H and O–H groups in total. The molecule has 12 nitrogen and oxygen atoms in total. The highest BCUT2D eigenvalue weighted by Gasteiger charge is 2.23. The lowest BCUT2D eigenvalue weighted by Gasteiger charge is -2.12. The van der Waals surface area contributed by atoms with Crippen LogP contribution in [-0.4, -0.2) is 52.9 Å². The summed E-state index contributed by atoms with van der Waals surface area (Å²) in [4.78, 5) is 37.8. The summed E-state index contributed by atoms with van der Waals surface area (Å²) in [5.41, 5.74) is 1.60. The highest BCUT2D eigenvalue weighted by atomic mass is 16.5. The number of para-hydroxylation sites is 1. The second-order valence-corrected chi connectivity index (χ2v) is 7.46. The molecule has 0 saturated carbocycles. The molecule has 1 heterocycles. The van der Waals surface area contributed by atoms with E-state index in [0.29, 0.717) is 53.7 Å². The first-order valence-electron chi connectivity index (χ1n) is 11.4. The molecule has 3 rings (SSSR count). The summed E-state index contributed by atoms with van der Waals surface area (Å²) in [6.07, 6.45) is 0. The molecule has 0 bridgehead atoms. The van der Waals surface area contributed by atoms with Crippen molar-refractivity contribution < 1.29 is 14.3 Å². The molecule has 2 aromatic carbocycles. The van der Waals surface area contributed by atoms with E-state index in [1.165, 1.54) is 14.0 Å². The quantitative estimate of drug-likeness (QED) is 0.216. The Kier molecular flexibility index (Phi) is 9.20. The van der Waals surface area contributed by atoms with Crippen molar-refractivity contribution in [2.75, 3.05) is 41.5 Å². The monoisotopic (exact) mass is 491 g/mol. The summed E-state index contributed by atoms with van der Waals surface area (Å²) in [5, 5.41) is 20.0. The van der Waals surface area contributed by atoms with Crippen molar-refractivity contribution in [1.29, 1.82) is 0 Å². The molecule has 0 spiro atoms. The van der Waals surface area contributed by atoms with Crippen molar-refractivity contribution in [3.63, 3.8) is 0 Å². The number of ketones is 1. The van der Waals surface area contributed by atoms with Gasteiger partial charge in [-0.1, -0.05) is 12.1 Å². The second kappa shape index (κ2) is 12.7. The molecule has 0 aliphatic rings. The number of nitrogens with zero attached hydrogens (tertiary/aromatic N) is 5. The summed E-state index contributed by atoms with van der Waals surface area (Å²) in [7, 11) is 1.50. The number of aromatic nitrogens is 3. The van der Waals surface area contributed by atoms with Gasteiger partial charge in [-0.25, -0.2) is 0 Å². The number of azo groups is 1. The molecule has 0 saturated heterocycles. The Balaban J connectivity index is 1.69. The first-order valence-corrected chi connectivity index (χ1v) is 11.4. The average Bonchev–Trinajstić information content (AvgIpc) is 2.86. The number of amides is 1. The molecule has 1 amide bonds. The van der Waals surface area contributed by atoms with Gasteiger partial charge in [0.2, 0.25) is 23.9 Å². The van der Waals surface area contributed by atoms with Gasteiger partial charge in [0.1, 0.15) is 11.4 Å². The number of anilines is 5. The lowest BCUT2D eigenvalue weighted by Crippen LogP contribution is -2.31. The third kappa shape index (κ3) is 7.19. The Labute approximate surface area is 209 Å². The van der Waals surface area contributed by atoms with Crippen molar-refractivity contribution in [2.24, 2.45) is 10.2 Å². The zero-order valence-corrected chi connectivity index (χ0v) is 20.6. The van der Waals surface area contributed by atoms with Gasteiger partial charge in [0.15, 0.2) is 5.78 Å². The van der Waals surface area contributed by atoms with Gasteiger partial charge in [-0.2, -0.15) is 25.2 Å². The maximum absolute atomic E-state index is 12.7. The number of methoxy groups -OCH3 is 1. The third-order valence-corrected chi connectivity index (χ3v) is 4.71. The number of carbonyl (C=O) groups excluding carboxylic acids is 2. The van der Waals surface area contributed by atoms with Gasteiger partial charge in [0.05, 0.1) is 7.11 Å². The van der Waals surface area contributed by atoms with Gasteiger partial charge in [-0.3, -0.25) is 9.59 Å². The minimum Gasteiger partial charge on any atom is -0.494 e. The lowest BCUT2D eigenvalue weighted by molar-refractivity contribution is -0.126. The topological polar surface area (TPSA) is 155 Å². The molecule has 0 radical (unpaired) electrons. The summed E-state index contributed by atoms with van der Waals surface area (Å²) >= 11 is 0. The predicted molar refractivity (Wildman–Crippen MR) is 138 cm³/mol. The number of rotatable bonds is 12. The van der Waals surface area contributed by atoms with Crippen LogP contribution in [0.5, 0.6) is 5.75 Å². The SMILES string of the molecule is CCNc1nc(NCC)nc(Nc2ccc(NC(=O)C(N=Nc3ccccc3OC)C(C)=O)cc2)n1. The van der Waals surface area contributed by atoms with E-state index < -0.39 is 17.7 Å². The van der Waals surface area contributed by atoms with Gasteiger partial charge in [-0.05, 0) is 57.2 Å². The largest absolute Gasteiger partial charge is 0.494 e. The van der Waals surface area contributed by atoms with E-state index in [1.807, 2.05) is 13.8 Å². The van der Waals surface area contributed by atoms with E-state index in [2.05, 4.69) is 46.4 Å². The molecule has 0 aliphatic carbocycles. The van der Waals surface area contributed by atoms with Gasteiger partial charge < -0.3 is 26.0 Å². The van der Waals surface area contributed by atoms with Gasteiger partial charge >= 0.3 is 0 Å². The first-order chi connectivity index (χ1) is 17.4. The predicted octanol–water partition coefficient (Wildman–Crippen LogP) is 4.17. The normalized spacial score (nSPS) is 11.6. The van der Waals surface area contributed by atoms with Crippen molar-refractivity contribution in [2.45, 2.75) is 26.8 Å². The number of Topliss-reactive ketones (excluding diaryl/α,β-unsaturated/α-hetero) is 1. The van der Waals surface area contributed by atoms with E-state index >= 15 is 0 Å². The number of ether oxygens (including phenoxy) is 1. The molecule has 188 valence electrons. The van der Waals surface area contributed by atoms with Crippen LogP contribution in [-0.2, 0) is 9.59 Å². The number of nitrogens with one attached hydrogen (secondary N) is 4. The standard InChI is InChI=1S/C24H29N9O3/c1-5-25-22-29-23(26-6-2)31-24(30-22)28-17-13-11-16(12-14-17)27-21(35)20(15(3)34)33-32-18-9-7-8-10-19(18)36-4/h7-14,20H,5-6H2,1-4H3,(H,27,35)(H3,25,26,28,29,30,31). The molecule has 1 unspecified atom stereocenters. The molecule has 0 aliphatic heterocycles. The van der Waals surface area contributed by atoms with Crippen molar-refractivity contribution in [3.8, 4) is 5.75 Å². The Morgan fingerprint density at radius 1 is 0.889 bits per heavy atom. The molecule has 1 atom stereocenters. The Morgan fingerprint density at radius 2 is 1.47 bits per heavy atom. The van der Waals surface area contributed by atoms with Gasteiger partial charge in [0, 0.05) is 24.5 Å². The maximum Gasteiger partial charge on any atom is 0.258 e. The van der Waals surface area contributed by atoms with Crippen LogP contribution in [0.15, 0.2) is 58.8 Å². The fourth-order valence-corrected chi connectivity index (χ4v) is 3.03. The molecule has 0 fully saturated rings. The summed E-state index contributed by atoms with van der Waals surface area (Å²) in [6.45, 7) is 6.53. The van der Waals surface area contributed by atoms with E-state index in [1.54, 1.807) is 48.5 Å². The number of carbonyl (C=O) groups is 2. The van der Waals surface area contributed by atoms with Crippen molar-refractivity contribution >= 4 is 46.6 Å². The van der Waals surface area contributed by atoms with Crippen LogP contribution in [0.25, 0.3) is 0 Å². The number of hydrogen-bond donors (Lipinski definition) is 4. The van der Waals surface area contributed by atoms with Crippen LogP contribution in [0.1, 0.15) is 20.8 Å². The van der Waals surface area contributed by atoms with Gasteiger partial charge in [0.25, 0.3) is 5.91 Å². The van der Waals surface area contributed by atoms with E-state index in [9.17, 15) is 9.59 Å². The zero-order chi connectivity index (χ0) is 25.9. The first kappa shape index (κ1) is 26.0. The van der Waals surface area contributed by atoms with Crippen molar-refractivity contribution in [1.82, 2.24) is 15.0 Å². The van der Waals surface area contributed by atoms with Crippen LogP contribution in [0.3, 0.4) is 0 Å². The van der Waals surface area contributed by atoms with Crippen LogP contribution in [0, 0.1) is 0 Å². The van der Waals surface area contributed by atoms with Crippen molar-refractivity contribution in [3.05, 3.63) is 48.5 Å². The zero-order valence-electron chi connectivity index (χ0n) is 20.6. The molecular formula is C24H29N9O3. The molecule has 12 heteroatoms. The fraction of sp³-hybridized carbons (Fsp3) is 0.292. The third-order valence-electron chi connectivity index (χ3n) is 4.71. The molecular weight excluding hydrogens is 462 g/mol. The second-order valence-electron chi connectivity index (χ2n) is 7.46. The Morgan fingerprint density at radius 3 is 2.06 bits per heavy atom. The number of hydrogen-bond acceptors (Lipinski definition) is 11. The van der Waals surface area contributed by atoms with E-state index in [0.717, 1.165) is 0 Å². The smallest absolute Gasteiger partial charge is 0.258 e. The Bertz CT molecular complexity index is 1190. The van der Waals surface area contributed by atoms with Crippen LogP contribution in [0.2, 0.25) is 0 Å². The molecule has 1 aromatic heterocycles. The summed E-state index contributed by atoms with van der Waals surface area (Å²) in [5.74, 6) is 0.722. The highest BCUT2D eigenvalue weighted by Crippen LogP contribution is 2.27. The minimum absolute atomic E-state index is 0.363. The molecule has 3 aromatic rings. The summed E-state index contributed by atoms with van der Waals surface area (Å²) in [6, 6.07) is 12.5. The van der Waals surface area contributed by atoms with Crippen LogP contribution >= 0.6 is 0 Å². The van der Waals surface area contributed by atoms with Crippen LogP contribution in [0.4, 0.5) is 34.9 Å². The average molecular weight is 492 g/mol. The van der Waals surface area contributed by atoms with E-state index in [-0.39, 0.29) is 0 Å². The maximum atomic E-state index is 12.7. The van der Waals surface area contributed by atoms with E-state index in [4.69, 9.17) is 4.74 Å². The summed E-state index contributed by atoms with van der Waals surface area (Å²) < 4.78 is 5.22. The minimum atomic E-state index is -1.30. The number of benzene rings is 2. The highest BCUT2D eigenvalue weighted by molar-refractivity contribution is 6.10. The Hall–Kier alpha value is -4.61. The van der Waals surface area contributed by atoms with Crippen LogP contribution < -0.4 is 26.0 Å². The van der Waals surface area contributed by atoms with Gasteiger partial charge in [-0.15, -0.1) is 0 Å². The fourth-order valence-electron chi connectivity index (χ4n) is 3.03. The molecule has 36 heavy (non-hydrogen) atoms.